The molecule has 3 nitrogen and oxygen atoms in total. The van der Waals surface area contributed by atoms with Crippen LogP contribution in [0.1, 0.15) is 40.7 Å². The van der Waals surface area contributed by atoms with E-state index in [4.69, 9.17) is 5.11 Å². The molecule has 1 saturated carbocycles. The molecule has 2 N–H and O–H groups in total. The van der Waals surface area contributed by atoms with Gasteiger partial charge in [0.2, 0.25) is 0 Å². The minimum atomic E-state index is -0.0183. The Balaban J connectivity index is 2.07. The Kier molecular flexibility index (Phi) is 4.59. The van der Waals surface area contributed by atoms with Crippen molar-refractivity contribution in [3.8, 4) is 11.8 Å². The first-order chi connectivity index (χ1) is 9.20. The summed E-state index contributed by atoms with van der Waals surface area (Å²) in [6.07, 6.45) is 2.91. The van der Waals surface area contributed by atoms with E-state index in [1.807, 2.05) is 25.1 Å². The average molecular weight is 257 g/mol. The maximum Gasteiger partial charge on any atom is 0.251 e. The first kappa shape index (κ1) is 13.6. The minimum Gasteiger partial charge on any atom is -0.395 e. The lowest BCUT2D eigenvalue weighted by atomic mass is 10.0. The Labute approximate surface area is 114 Å². The molecule has 0 aliphatic heterocycles. The number of hydrogen-bond donors (Lipinski definition) is 2. The number of carbonyl (C=O) groups excluding carboxylic acids is 1. The van der Waals surface area contributed by atoms with Gasteiger partial charge >= 0.3 is 0 Å². The SMILES string of the molecule is Cc1ccc(C#CCCO)cc1C(=O)NCC1CC1. The highest BCUT2D eigenvalue weighted by atomic mass is 16.2. The van der Waals surface area contributed by atoms with Crippen LogP contribution in [0, 0.1) is 24.7 Å². The van der Waals surface area contributed by atoms with Gasteiger partial charge in [-0.05, 0) is 43.4 Å². The summed E-state index contributed by atoms with van der Waals surface area (Å²) in [7, 11) is 0. The largest absolute Gasteiger partial charge is 0.395 e. The average Bonchev–Trinajstić information content (AvgIpc) is 3.22. The standard InChI is InChI=1S/C16H19NO2/c1-12-5-6-13(4-2-3-9-18)10-15(12)16(19)17-11-14-7-8-14/h5-6,10,14,18H,3,7-9,11H2,1H3,(H,17,19). The van der Waals surface area contributed by atoms with Gasteiger partial charge in [-0.1, -0.05) is 17.9 Å². The lowest BCUT2D eigenvalue weighted by Crippen LogP contribution is -2.26. The number of carbonyl (C=O) groups is 1. The summed E-state index contributed by atoms with van der Waals surface area (Å²) in [6.45, 7) is 2.77. The second kappa shape index (κ2) is 6.40. The Morgan fingerprint density at radius 2 is 2.26 bits per heavy atom. The molecule has 0 atom stereocenters. The lowest BCUT2D eigenvalue weighted by molar-refractivity contribution is 0.0951. The second-order valence-corrected chi connectivity index (χ2v) is 4.96. The van der Waals surface area contributed by atoms with Crippen LogP contribution in [0.2, 0.25) is 0 Å². The fraction of sp³-hybridized carbons (Fsp3) is 0.438. The highest BCUT2D eigenvalue weighted by Gasteiger charge is 2.22. The molecule has 0 radical (unpaired) electrons. The van der Waals surface area contributed by atoms with Crippen molar-refractivity contribution in [1.82, 2.24) is 5.32 Å². The Bertz CT molecular complexity index is 521. The van der Waals surface area contributed by atoms with E-state index in [1.54, 1.807) is 0 Å². The summed E-state index contributed by atoms with van der Waals surface area (Å²) < 4.78 is 0. The molecule has 1 aromatic rings. The highest BCUT2D eigenvalue weighted by molar-refractivity contribution is 5.96. The van der Waals surface area contributed by atoms with Crippen LogP contribution in [0.5, 0.6) is 0 Å². The fourth-order valence-corrected chi connectivity index (χ4v) is 1.82. The normalized spacial score (nSPS) is 13.6. The zero-order valence-corrected chi connectivity index (χ0v) is 11.2. The fourth-order valence-electron chi connectivity index (χ4n) is 1.82. The van der Waals surface area contributed by atoms with Gasteiger partial charge in [0.25, 0.3) is 5.91 Å². The molecule has 1 aliphatic carbocycles. The molecule has 3 heteroatoms. The van der Waals surface area contributed by atoms with Gasteiger partial charge in [0.15, 0.2) is 0 Å². The predicted octanol–water partition coefficient (Wildman–Crippen LogP) is 1.87. The minimum absolute atomic E-state index is 0.0183. The molecule has 0 bridgehead atoms. The van der Waals surface area contributed by atoms with Gasteiger partial charge in [0.1, 0.15) is 0 Å². The zero-order valence-electron chi connectivity index (χ0n) is 11.2. The third kappa shape index (κ3) is 4.11. The van der Waals surface area contributed by atoms with Crippen molar-refractivity contribution < 1.29 is 9.90 Å². The lowest BCUT2D eigenvalue weighted by Gasteiger charge is -2.07. The van der Waals surface area contributed by atoms with Crippen molar-refractivity contribution in [1.29, 1.82) is 0 Å². The monoisotopic (exact) mass is 257 g/mol. The first-order valence-electron chi connectivity index (χ1n) is 6.69. The summed E-state index contributed by atoms with van der Waals surface area (Å²) in [4.78, 5) is 12.1. The van der Waals surface area contributed by atoms with E-state index in [0.29, 0.717) is 17.9 Å². The van der Waals surface area contributed by atoms with Crippen molar-refractivity contribution in [2.45, 2.75) is 26.2 Å². The van der Waals surface area contributed by atoms with E-state index >= 15 is 0 Å². The Hall–Kier alpha value is -1.79. The molecule has 0 saturated heterocycles. The summed E-state index contributed by atoms with van der Waals surface area (Å²) >= 11 is 0. The van der Waals surface area contributed by atoms with Gasteiger partial charge in [-0.15, -0.1) is 0 Å². The number of nitrogens with one attached hydrogen (secondary N) is 1. The predicted molar refractivity (Wildman–Crippen MR) is 74.8 cm³/mol. The molecule has 0 heterocycles. The number of amides is 1. The topological polar surface area (TPSA) is 49.3 Å². The van der Waals surface area contributed by atoms with Crippen LogP contribution in [-0.4, -0.2) is 24.2 Å². The van der Waals surface area contributed by atoms with E-state index < -0.39 is 0 Å². The maximum atomic E-state index is 12.1. The van der Waals surface area contributed by atoms with Crippen LogP contribution >= 0.6 is 0 Å². The molecular weight excluding hydrogens is 238 g/mol. The molecule has 2 rings (SSSR count). The van der Waals surface area contributed by atoms with E-state index in [2.05, 4.69) is 17.2 Å². The summed E-state index contributed by atoms with van der Waals surface area (Å²) in [5.41, 5.74) is 2.47. The summed E-state index contributed by atoms with van der Waals surface area (Å²) in [5, 5.41) is 11.7. The smallest absolute Gasteiger partial charge is 0.251 e. The summed E-state index contributed by atoms with van der Waals surface area (Å²) in [5.74, 6) is 6.48. The molecule has 0 unspecified atom stereocenters. The van der Waals surface area contributed by atoms with E-state index in [0.717, 1.165) is 17.7 Å². The van der Waals surface area contributed by atoms with Gasteiger partial charge in [0, 0.05) is 24.1 Å². The molecular formula is C16H19NO2. The third-order valence-corrected chi connectivity index (χ3v) is 3.20. The number of aliphatic hydroxyl groups is 1. The second-order valence-electron chi connectivity index (χ2n) is 4.96. The Morgan fingerprint density at radius 1 is 1.47 bits per heavy atom. The van der Waals surface area contributed by atoms with Gasteiger partial charge in [0.05, 0.1) is 6.61 Å². The van der Waals surface area contributed by atoms with Gasteiger partial charge in [-0.2, -0.15) is 0 Å². The highest BCUT2D eigenvalue weighted by Crippen LogP contribution is 2.27. The van der Waals surface area contributed by atoms with Crippen molar-refractivity contribution in [2.75, 3.05) is 13.2 Å². The van der Waals surface area contributed by atoms with Crippen LogP contribution in [0.4, 0.5) is 0 Å². The van der Waals surface area contributed by atoms with E-state index in [-0.39, 0.29) is 12.5 Å². The number of aryl methyl sites for hydroxylation is 1. The molecule has 1 amide bonds. The van der Waals surface area contributed by atoms with Crippen molar-refractivity contribution in [3.63, 3.8) is 0 Å². The molecule has 100 valence electrons. The number of aliphatic hydroxyl groups excluding tert-OH is 1. The molecule has 0 aromatic heterocycles. The molecule has 1 fully saturated rings. The van der Waals surface area contributed by atoms with E-state index in [1.165, 1.54) is 12.8 Å². The summed E-state index contributed by atoms with van der Waals surface area (Å²) in [6, 6.07) is 5.63. The molecule has 1 aromatic carbocycles. The third-order valence-electron chi connectivity index (χ3n) is 3.20. The van der Waals surface area contributed by atoms with E-state index in [9.17, 15) is 4.79 Å². The van der Waals surface area contributed by atoms with Crippen LogP contribution in [0.3, 0.4) is 0 Å². The van der Waals surface area contributed by atoms with Gasteiger partial charge in [-0.3, -0.25) is 4.79 Å². The van der Waals surface area contributed by atoms with Gasteiger partial charge < -0.3 is 10.4 Å². The van der Waals surface area contributed by atoms with Crippen molar-refractivity contribution in [3.05, 3.63) is 34.9 Å². The maximum absolute atomic E-state index is 12.1. The van der Waals surface area contributed by atoms with Crippen LogP contribution in [0.25, 0.3) is 0 Å². The van der Waals surface area contributed by atoms with Gasteiger partial charge in [-0.25, -0.2) is 0 Å². The number of hydrogen-bond acceptors (Lipinski definition) is 2. The number of rotatable bonds is 4. The first-order valence-corrected chi connectivity index (χ1v) is 6.69. The van der Waals surface area contributed by atoms with Crippen LogP contribution in [0.15, 0.2) is 18.2 Å². The molecule has 0 spiro atoms. The molecule has 1 aliphatic rings. The number of benzene rings is 1. The molecule has 19 heavy (non-hydrogen) atoms. The van der Waals surface area contributed by atoms with Crippen molar-refractivity contribution in [2.24, 2.45) is 5.92 Å². The van der Waals surface area contributed by atoms with Crippen molar-refractivity contribution >= 4 is 5.91 Å². The quantitative estimate of drug-likeness (QED) is 0.809. The van der Waals surface area contributed by atoms with Crippen LogP contribution < -0.4 is 5.32 Å². The van der Waals surface area contributed by atoms with Crippen LogP contribution in [-0.2, 0) is 0 Å². The Morgan fingerprint density at radius 3 is 2.95 bits per heavy atom. The zero-order chi connectivity index (χ0) is 13.7.